The number of nitrogens with zero attached hydrogens (tertiary/aromatic N) is 1. The molecule has 16 heavy (non-hydrogen) atoms. The minimum Gasteiger partial charge on any atom is -0.261 e. The molecule has 0 aliphatic rings. The quantitative estimate of drug-likeness (QED) is 0.775. The van der Waals surface area contributed by atoms with Crippen molar-refractivity contribution in [1.29, 1.82) is 0 Å². The lowest BCUT2D eigenvalue weighted by atomic mass is 10.1. The van der Waals surface area contributed by atoms with Crippen molar-refractivity contribution in [3.63, 3.8) is 0 Å². The molecule has 0 unspecified atom stereocenters. The van der Waals surface area contributed by atoms with E-state index in [-0.39, 0.29) is 5.75 Å². The molecule has 5 heteroatoms. The molecule has 2 rings (SSSR count). The number of halogens is 1. The molecule has 1 aromatic heterocycles. The van der Waals surface area contributed by atoms with Crippen LogP contribution in [0.25, 0.3) is 10.8 Å². The summed E-state index contributed by atoms with van der Waals surface area (Å²) < 4.78 is 21.9. The van der Waals surface area contributed by atoms with Crippen molar-refractivity contribution < 1.29 is 8.42 Å². The standard InChI is InChI=1S/C11H10ClNO2S/c1-8-11-3-2-9(7-16(12,14)15)6-10(11)4-5-13-8/h2-6H,7H2,1H3. The van der Waals surface area contributed by atoms with Crippen LogP contribution >= 0.6 is 10.7 Å². The highest BCUT2D eigenvalue weighted by atomic mass is 35.7. The minimum absolute atomic E-state index is 0.147. The Hall–Kier alpha value is -1.13. The molecular formula is C11H10ClNO2S. The first kappa shape index (κ1) is 11.4. The van der Waals surface area contributed by atoms with E-state index in [1.165, 1.54) is 0 Å². The van der Waals surface area contributed by atoms with E-state index in [1.54, 1.807) is 12.3 Å². The van der Waals surface area contributed by atoms with Crippen molar-refractivity contribution in [3.8, 4) is 0 Å². The molecule has 0 spiro atoms. The maximum atomic E-state index is 11.0. The Balaban J connectivity index is 2.53. The number of hydrogen-bond acceptors (Lipinski definition) is 3. The summed E-state index contributed by atoms with van der Waals surface area (Å²) in [7, 11) is 1.71. The number of fused-ring (bicyclic) bond motifs is 1. The fourth-order valence-electron chi connectivity index (χ4n) is 1.67. The minimum atomic E-state index is -3.50. The number of pyridine rings is 1. The number of hydrogen-bond donors (Lipinski definition) is 0. The third-order valence-corrected chi connectivity index (χ3v) is 3.37. The van der Waals surface area contributed by atoms with Crippen LogP contribution in [0.1, 0.15) is 11.3 Å². The first-order chi connectivity index (χ1) is 7.46. The molecule has 3 nitrogen and oxygen atoms in total. The predicted molar refractivity (Wildman–Crippen MR) is 65.0 cm³/mol. The molecule has 0 atom stereocenters. The molecule has 1 heterocycles. The van der Waals surface area contributed by atoms with Crippen LogP contribution in [0.4, 0.5) is 0 Å². The van der Waals surface area contributed by atoms with Gasteiger partial charge in [-0.2, -0.15) is 0 Å². The molecular weight excluding hydrogens is 246 g/mol. The SMILES string of the molecule is Cc1nccc2cc(CS(=O)(=O)Cl)ccc12. The third-order valence-electron chi connectivity index (χ3n) is 2.37. The van der Waals surface area contributed by atoms with Gasteiger partial charge in [-0.05, 0) is 30.0 Å². The van der Waals surface area contributed by atoms with Crippen molar-refractivity contribution in [1.82, 2.24) is 4.98 Å². The normalized spacial score (nSPS) is 11.9. The van der Waals surface area contributed by atoms with Gasteiger partial charge in [0.2, 0.25) is 9.05 Å². The second-order valence-corrected chi connectivity index (χ2v) is 6.41. The van der Waals surface area contributed by atoms with Crippen molar-refractivity contribution in [2.24, 2.45) is 0 Å². The van der Waals surface area contributed by atoms with E-state index in [1.807, 2.05) is 25.1 Å². The average Bonchev–Trinajstić information content (AvgIpc) is 2.15. The first-order valence-corrected chi connectivity index (χ1v) is 7.20. The Morgan fingerprint density at radius 1 is 1.31 bits per heavy atom. The number of aryl methyl sites for hydroxylation is 1. The molecule has 0 fully saturated rings. The monoisotopic (exact) mass is 255 g/mol. The van der Waals surface area contributed by atoms with Gasteiger partial charge in [-0.3, -0.25) is 4.98 Å². The van der Waals surface area contributed by atoms with Crippen LogP contribution in [0.5, 0.6) is 0 Å². The van der Waals surface area contributed by atoms with Crippen LogP contribution < -0.4 is 0 Å². The summed E-state index contributed by atoms with van der Waals surface area (Å²) in [6, 6.07) is 7.31. The summed E-state index contributed by atoms with van der Waals surface area (Å²) in [5.74, 6) is -0.147. The van der Waals surface area contributed by atoms with E-state index in [2.05, 4.69) is 4.98 Å². The highest BCUT2D eigenvalue weighted by molar-refractivity contribution is 8.13. The van der Waals surface area contributed by atoms with Crippen LogP contribution in [0.2, 0.25) is 0 Å². The molecule has 0 aliphatic carbocycles. The molecule has 84 valence electrons. The zero-order chi connectivity index (χ0) is 11.8. The van der Waals surface area contributed by atoms with Gasteiger partial charge in [0.25, 0.3) is 0 Å². The topological polar surface area (TPSA) is 47.0 Å². The summed E-state index contributed by atoms with van der Waals surface area (Å²) in [6.07, 6.45) is 1.71. The molecule has 0 N–H and O–H groups in total. The van der Waals surface area contributed by atoms with Gasteiger partial charge >= 0.3 is 0 Å². The summed E-state index contributed by atoms with van der Waals surface area (Å²) in [5.41, 5.74) is 1.62. The molecule has 0 bridgehead atoms. The largest absolute Gasteiger partial charge is 0.261 e. The molecule has 0 aliphatic heterocycles. The van der Waals surface area contributed by atoms with E-state index in [4.69, 9.17) is 10.7 Å². The van der Waals surface area contributed by atoms with Crippen LogP contribution in [0, 0.1) is 6.92 Å². The van der Waals surface area contributed by atoms with E-state index < -0.39 is 9.05 Å². The Bertz CT molecular complexity index is 637. The summed E-state index contributed by atoms with van der Waals surface area (Å²) in [5, 5.41) is 2.00. The molecule has 0 saturated heterocycles. The van der Waals surface area contributed by atoms with Gasteiger partial charge in [-0.15, -0.1) is 0 Å². The van der Waals surface area contributed by atoms with E-state index in [9.17, 15) is 8.42 Å². The Morgan fingerprint density at radius 2 is 2.06 bits per heavy atom. The highest BCUT2D eigenvalue weighted by Crippen LogP contribution is 2.19. The van der Waals surface area contributed by atoms with Crippen LogP contribution in [0.3, 0.4) is 0 Å². The van der Waals surface area contributed by atoms with Gasteiger partial charge in [0, 0.05) is 28.0 Å². The van der Waals surface area contributed by atoms with E-state index >= 15 is 0 Å². The first-order valence-electron chi connectivity index (χ1n) is 4.72. The van der Waals surface area contributed by atoms with Crippen LogP contribution in [-0.4, -0.2) is 13.4 Å². The smallest absolute Gasteiger partial charge is 0.236 e. The summed E-state index contributed by atoms with van der Waals surface area (Å²) in [6.45, 7) is 1.92. The Labute approximate surface area is 98.5 Å². The fourth-order valence-corrected chi connectivity index (χ4v) is 2.62. The lowest BCUT2D eigenvalue weighted by Crippen LogP contribution is -1.95. The third kappa shape index (κ3) is 2.51. The molecule has 0 amide bonds. The van der Waals surface area contributed by atoms with Crippen molar-refractivity contribution in [3.05, 3.63) is 41.7 Å². The number of rotatable bonds is 2. The maximum Gasteiger partial charge on any atom is 0.236 e. The average molecular weight is 256 g/mol. The van der Waals surface area contributed by atoms with Gasteiger partial charge < -0.3 is 0 Å². The lowest BCUT2D eigenvalue weighted by Gasteiger charge is -2.03. The van der Waals surface area contributed by atoms with Crippen molar-refractivity contribution in [2.75, 3.05) is 0 Å². The predicted octanol–water partition coefficient (Wildman–Crippen LogP) is 2.61. The van der Waals surface area contributed by atoms with Crippen LogP contribution in [0.15, 0.2) is 30.5 Å². The van der Waals surface area contributed by atoms with Gasteiger partial charge in [0.05, 0.1) is 5.75 Å². The van der Waals surface area contributed by atoms with Crippen molar-refractivity contribution in [2.45, 2.75) is 12.7 Å². The van der Waals surface area contributed by atoms with Crippen molar-refractivity contribution >= 4 is 30.5 Å². The molecule has 1 aromatic carbocycles. The second-order valence-electron chi connectivity index (χ2n) is 3.64. The molecule has 0 radical (unpaired) electrons. The Kier molecular flexibility index (Phi) is 2.86. The maximum absolute atomic E-state index is 11.0. The van der Waals surface area contributed by atoms with E-state index in [0.717, 1.165) is 16.5 Å². The second kappa shape index (κ2) is 4.03. The van der Waals surface area contributed by atoms with E-state index in [0.29, 0.717) is 5.56 Å². The molecule has 2 aromatic rings. The zero-order valence-corrected chi connectivity index (χ0v) is 10.2. The lowest BCUT2D eigenvalue weighted by molar-refractivity contribution is 0.609. The van der Waals surface area contributed by atoms with Gasteiger partial charge in [-0.1, -0.05) is 12.1 Å². The molecule has 0 saturated carbocycles. The summed E-state index contributed by atoms with van der Waals surface area (Å²) in [4.78, 5) is 4.17. The zero-order valence-electron chi connectivity index (χ0n) is 8.64. The van der Waals surface area contributed by atoms with Gasteiger partial charge in [-0.25, -0.2) is 8.42 Å². The highest BCUT2D eigenvalue weighted by Gasteiger charge is 2.08. The number of benzene rings is 1. The van der Waals surface area contributed by atoms with Gasteiger partial charge in [0.1, 0.15) is 0 Å². The Morgan fingerprint density at radius 3 is 2.75 bits per heavy atom. The van der Waals surface area contributed by atoms with Gasteiger partial charge in [0.15, 0.2) is 0 Å². The summed E-state index contributed by atoms with van der Waals surface area (Å²) >= 11 is 0. The number of aromatic nitrogens is 1. The fraction of sp³-hybridized carbons (Fsp3) is 0.182. The van der Waals surface area contributed by atoms with Crippen LogP contribution in [-0.2, 0) is 14.8 Å².